The van der Waals surface area contributed by atoms with Crippen molar-refractivity contribution in [1.82, 2.24) is 15.3 Å². The highest BCUT2D eigenvalue weighted by Gasteiger charge is 2.10. The predicted molar refractivity (Wildman–Crippen MR) is 117 cm³/mol. The van der Waals surface area contributed by atoms with Crippen LogP contribution in [0.4, 0.5) is 5.82 Å². The maximum absolute atomic E-state index is 12.2. The zero-order valence-corrected chi connectivity index (χ0v) is 18.4. The molecule has 0 saturated heterocycles. The number of aromatic nitrogens is 2. The maximum atomic E-state index is 12.2. The molecule has 0 aliphatic carbocycles. The molecular formula is C21H30N4O3S. The molecule has 0 fully saturated rings. The molecule has 8 heteroatoms. The quantitative estimate of drug-likeness (QED) is 0.322. The fraction of sp³-hybridized carbons (Fsp3) is 0.476. The Kier molecular flexibility index (Phi) is 9.90. The van der Waals surface area contributed by atoms with E-state index in [9.17, 15) is 4.79 Å². The molecule has 0 atom stereocenters. The molecule has 7 nitrogen and oxygen atoms in total. The van der Waals surface area contributed by atoms with E-state index < -0.39 is 0 Å². The molecule has 1 N–H and O–H groups in total. The summed E-state index contributed by atoms with van der Waals surface area (Å²) in [6.07, 6.45) is 1.04. The molecule has 0 unspecified atom stereocenters. The van der Waals surface area contributed by atoms with E-state index in [4.69, 9.17) is 9.47 Å². The van der Waals surface area contributed by atoms with Crippen molar-refractivity contribution < 1.29 is 14.3 Å². The number of ether oxygens (including phenoxy) is 2. The minimum Gasteiger partial charge on any atom is -0.383 e. The fourth-order valence-corrected chi connectivity index (χ4v) is 3.53. The van der Waals surface area contributed by atoms with Crippen molar-refractivity contribution in [3.63, 3.8) is 0 Å². The molecule has 1 heterocycles. The summed E-state index contributed by atoms with van der Waals surface area (Å²) >= 11 is 1.55. The molecule has 29 heavy (non-hydrogen) atoms. The topological polar surface area (TPSA) is 76.6 Å². The molecule has 0 radical (unpaired) electrons. The van der Waals surface area contributed by atoms with Crippen LogP contribution >= 0.6 is 11.8 Å². The minimum atomic E-state index is -0.101. The lowest BCUT2D eigenvalue weighted by molar-refractivity contribution is 0.0937. The largest absolute Gasteiger partial charge is 0.383 e. The van der Waals surface area contributed by atoms with Crippen LogP contribution in [0.2, 0.25) is 0 Å². The summed E-state index contributed by atoms with van der Waals surface area (Å²) < 4.78 is 10.2. The van der Waals surface area contributed by atoms with Crippen molar-refractivity contribution in [1.29, 1.82) is 0 Å². The third-order valence-corrected chi connectivity index (χ3v) is 5.05. The average Bonchev–Trinajstić information content (AvgIpc) is 2.73. The Morgan fingerprint density at radius 2 is 2.03 bits per heavy atom. The van der Waals surface area contributed by atoms with E-state index in [1.807, 2.05) is 37.4 Å². The van der Waals surface area contributed by atoms with Gasteiger partial charge in [0, 0.05) is 51.7 Å². The predicted octanol–water partition coefficient (Wildman–Crippen LogP) is 3.14. The van der Waals surface area contributed by atoms with Crippen molar-refractivity contribution >= 4 is 23.5 Å². The van der Waals surface area contributed by atoms with Crippen LogP contribution in [0.1, 0.15) is 35.0 Å². The lowest BCUT2D eigenvalue weighted by Gasteiger charge is -2.18. The van der Waals surface area contributed by atoms with Crippen LogP contribution in [-0.2, 0) is 21.8 Å². The van der Waals surface area contributed by atoms with E-state index in [-0.39, 0.29) is 5.91 Å². The second kappa shape index (κ2) is 12.4. The Balaban J connectivity index is 2.08. The lowest BCUT2D eigenvalue weighted by atomic mass is 10.1. The van der Waals surface area contributed by atoms with Gasteiger partial charge in [-0.15, -0.1) is 0 Å². The molecular weight excluding hydrogens is 388 g/mol. The Morgan fingerprint density at radius 1 is 1.21 bits per heavy atom. The van der Waals surface area contributed by atoms with Crippen LogP contribution in [0, 0.1) is 0 Å². The first-order valence-electron chi connectivity index (χ1n) is 9.64. The second-order valence-corrected chi connectivity index (χ2v) is 7.53. The number of rotatable bonds is 12. The van der Waals surface area contributed by atoms with Gasteiger partial charge in [-0.2, -0.15) is 0 Å². The summed E-state index contributed by atoms with van der Waals surface area (Å²) in [4.78, 5) is 23.6. The first kappa shape index (κ1) is 23.1. The molecule has 0 saturated carbocycles. The number of hydrogen-bond donors (Lipinski definition) is 1. The van der Waals surface area contributed by atoms with Gasteiger partial charge in [0.05, 0.1) is 18.9 Å². The van der Waals surface area contributed by atoms with Crippen LogP contribution in [0.5, 0.6) is 0 Å². The Hall–Kier alpha value is -2.16. The van der Waals surface area contributed by atoms with Crippen molar-refractivity contribution in [3.05, 3.63) is 47.2 Å². The number of methoxy groups -OCH3 is 2. The van der Waals surface area contributed by atoms with Crippen molar-refractivity contribution in [2.75, 3.05) is 45.9 Å². The highest BCUT2D eigenvalue weighted by Crippen LogP contribution is 2.23. The van der Waals surface area contributed by atoms with Crippen LogP contribution in [-0.4, -0.2) is 56.8 Å². The van der Waals surface area contributed by atoms with Gasteiger partial charge in [0.15, 0.2) is 5.16 Å². The van der Waals surface area contributed by atoms with Gasteiger partial charge in [-0.3, -0.25) is 4.79 Å². The Bertz CT molecular complexity index is 788. The highest BCUT2D eigenvalue weighted by molar-refractivity contribution is 7.98. The summed E-state index contributed by atoms with van der Waals surface area (Å²) in [6.45, 7) is 4.49. The number of thioether (sulfide) groups is 1. The molecule has 1 aromatic carbocycles. The van der Waals surface area contributed by atoms with E-state index in [1.54, 1.807) is 26.0 Å². The molecule has 1 amide bonds. The summed E-state index contributed by atoms with van der Waals surface area (Å²) in [5.41, 5.74) is 2.53. The molecule has 0 aliphatic rings. The van der Waals surface area contributed by atoms with E-state index >= 15 is 0 Å². The summed E-state index contributed by atoms with van der Waals surface area (Å²) in [5.74, 6) is 1.46. The first-order chi connectivity index (χ1) is 14.1. The standard InChI is InChI=1S/C21H30N4O3S/c1-5-10-25(2)19-13-18(14-28-4)23-21(24-19)29-15-16-7-6-8-17(12-16)20(26)22-9-11-27-3/h6-8,12-13H,5,9-11,14-15H2,1-4H3,(H,22,26). The zero-order valence-electron chi connectivity index (χ0n) is 17.6. The van der Waals surface area contributed by atoms with Crippen LogP contribution in [0.15, 0.2) is 35.5 Å². The molecule has 2 rings (SSSR count). The third-order valence-electron chi connectivity index (χ3n) is 4.14. The molecule has 0 aliphatic heterocycles. The fourth-order valence-electron chi connectivity index (χ4n) is 2.71. The van der Waals surface area contributed by atoms with Crippen molar-refractivity contribution in [3.8, 4) is 0 Å². The average molecular weight is 419 g/mol. The summed E-state index contributed by atoms with van der Waals surface area (Å²) in [5, 5.41) is 3.54. The number of nitrogens with zero attached hydrogens (tertiary/aromatic N) is 3. The van der Waals surface area contributed by atoms with Gasteiger partial charge in [0.25, 0.3) is 5.91 Å². The zero-order chi connectivity index (χ0) is 21.1. The van der Waals surface area contributed by atoms with E-state index in [0.717, 1.165) is 30.0 Å². The number of anilines is 1. The maximum Gasteiger partial charge on any atom is 0.251 e. The van der Waals surface area contributed by atoms with E-state index in [0.29, 0.717) is 36.2 Å². The van der Waals surface area contributed by atoms with Crippen molar-refractivity contribution in [2.45, 2.75) is 30.9 Å². The second-order valence-electron chi connectivity index (χ2n) is 6.59. The third kappa shape index (κ3) is 7.64. The molecule has 1 aromatic heterocycles. The van der Waals surface area contributed by atoms with E-state index in [1.165, 1.54) is 0 Å². The lowest BCUT2D eigenvalue weighted by Crippen LogP contribution is -2.26. The number of nitrogens with one attached hydrogen (secondary N) is 1. The van der Waals surface area contributed by atoms with Crippen LogP contribution < -0.4 is 10.2 Å². The van der Waals surface area contributed by atoms with Crippen molar-refractivity contribution in [2.24, 2.45) is 0 Å². The number of benzene rings is 1. The molecule has 0 spiro atoms. The highest BCUT2D eigenvalue weighted by atomic mass is 32.2. The number of carbonyl (C=O) groups is 1. The van der Waals surface area contributed by atoms with Gasteiger partial charge >= 0.3 is 0 Å². The summed E-state index contributed by atoms with van der Waals surface area (Å²) in [7, 11) is 5.30. The van der Waals surface area contributed by atoms with Crippen LogP contribution in [0.3, 0.4) is 0 Å². The van der Waals surface area contributed by atoms with Crippen LogP contribution in [0.25, 0.3) is 0 Å². The Morgan fingerprint density at radius 3 is 2.76 bits per heavy atom. The normalized spacial score (nSPS) is 10.8. The Labute approximate surface area is 177 Å². The van der Waals surface area contributed by atoms with Gasteiger partial charge in [0.1, 0.15) is 5.82 Å². The molecule has 0 bridgehead atoms. The van der Waals surface area contributed by atoms with Gasteiger partial charge in [0.2, 0.25) is 0 Å². The number of carbonyl (C=O) groups excluding carboxylic acids is 1. The molecule has 2 aromatic rings. The summed E-state index contributed by atoms with van der Waals surface area (Å²) in [6, 6.07) is 9.57. The van der Waals surface area contributed by atoms with Gasteiger partial charge < -0.3 is 19.7 Å². The first-order valence-corrected chi connectivity index (χ1v) is 10.6. The molecule has 158 valence electrons. The number of hydrogen-bond acceptors (Lipinski definition) is 7. The minimum absolute atomic E-state index is 0.101. The smallest absolute Gasteiger partial charge is 0.251 e. The number of amides is 1. The SMILES string of the molecule is CCCN(C)c1cc(COC)nc(SCc2cccc(C(=O)NCCOC)c2)n1. The van der Waals surface area contributed by atoms with Gasteiger partial charge in [-0.25, -0.2) is 9.97 Å². The van der Waals surface area contributed by atoms with Gasteiger partial charge in [-0.05, 0) is 24.1 Å². The van der Waals surface area contributed by atoms with Gasteiger partial charge in [-0.1, -0.05) is 30.8 Å². The van der Waals surface area contributed by atoms with E-state index in [2.05, 4.69) is 27.1 Å². The monoisotopic (exact) mass is 418 g/mol.